The molecule has 0 bridgehead atoms. The van der Waals surface area contributed by atoms with Crippen molar-refractivity contribution in [3.63, 3.8) is 0 Å². The highest BCUT2D eigenvalue weighted by molar-refractivity contribution is 5.94. The van der Waals surface area contributed by atoms with Crippen molar-refractivity contribution in [2.45, 2.75) is 37.3 Å². The third kappa shape index (κ3) is 8.19. The van der Waals surface area contributed by atoms with Gasteiger partial charge in [-0.1, -0.05) is 103 Å². The molecule has 2 amide bonds. The van der Waals surface area contributed by atoms with Crippen molar-refractivity contribution in [3.8, 4) is 11.1 Å². The molecule has 222 valence electrons. The van der Waals surface area contributed by atoms with Gasteiger partial charge in [0.2, 0.25) is 5.91 Å². The molecular weight excluding hydrogens is 532 g/mol. The minimum atomic E-state index is -0.296. The topological polar surface area (TPSA) is 73.5 Å². The SMILES string of the molecule is CNCCCC1NC(CNC(=O)c2ccc(-c3ccccc3)cc2)CCN(CC(c2ccccc2)c2ccccc2)C1=O. The Kier molecular flexibility index (Phi) is 10.7. The first kappa shape index (κ1) is 30.2. The number of hydrogen-bond donors (Lipinski definition) is 3. The van der Waals surface area contributed by atoms with Gasteiger partial charge < -0.3 is 20.9 Å². The lowest BCUT2D eigenvalue weighted by Crippen LogP contribution is -2.49. The Morgan fingerprint density at radius 3 is 2.02 bits per heavy atom. The maximum absolute atomic E-state index is 13.9. The number of amides is 2. The Bertz CT molecular complexity index is 1390. The molecule has 3 N–H and O–H groups in total. The van der Waals surface area contributed by atoms with Crippen LogP contribution in [0.1, 0.15) is 46.7 Å². The monoisotopic (exact) mass is 574 g/mol. The molecule has 0 radical (unpaired) electrons. The van der Waals surface area contributed by atoms with Gasteiger partial charge in [0.15, 0.2) is 0 Å². The molecule has 5 rings (SSSR count). The molecule has 1 aliphatic rings. The lowest BCUT2D eigenvalue weighted by molar-refractivity contribution is -0.133. The number of benzene rings is 4. The average molecular weight is 575 g/mol. The minimum Gasteiger partial charge on any atom is -0.350 e. The smallest absolute Gasteiger partial charge is 0.251 e. The normalized spacial score (nSPS) is 17.1. The van der Waals surface area contributed by atoms with Gasteiger partial charge in [0.05, 0.1) is 6.04 Å². The number of nitrogens with zero attached hydrogens (tertiary/aromatic N) is 1. The van der Waals surface area contributed by atoms with Crippen LogP contribution < -0.4 is 16.0 Å². The number of rotatable bonds is 12. The van der Waals surface area contributed by atoms with Crippen LogP contribution in [0.3, 0.4) is 0 Å². The van der Waals surface area contributed by atoms with E-state index >= 15 is 0 Å². The highest BCUT2D eigenvalue weighted by Gasteiger charge is 2.32. The van der Waals surface area contributed by atoms with E-state index in [2.05, 4.69) is 76.6 Å². The van der Waals surface area contributed by atoms with E-state index in [0.717, 1.165) is 36.9 Å². The molecule has 6 heteroatoms. The van der Waals surface area contributed by atoms with E-state index in [-0.39, 0.29) is 29.8 Å². The first-order valence-electron chi connectivity index (χ1n) is 15.4. The summed E-state index contributed by atoms with van der Waals surface area (Å²) in [6, 6.07) is 38.4. The molecule has 2 atom stereocenters. The Morgan fingerprint density at radius 2 is 1.42 bits per heavy atom. The lowest BCUT2D eigenvalue weighted by atomic mass is 9.90. The van der Waals surface area contributed by atoms with Crippen LogP contribution in [0.2, 0.25) is 0 Å². The zero-order valence-corrected chi connectivity index (χ0v) is 24.9. The van der Waals surface area contributed by atoms with Crippen LogP contribution in [0.25, 0.3) is 11.1 Å². The number of nitrogens with one attached hydrogen (secondary N) is 3. The zero-order valence-electron chi connectivity index (χ0n) is 24.9. The molecular formula is C37H42N4O2. The Balaban J connectivity index is 1.27. The maximum Gasteiger partial charge on any atom is 0.251 e. The van der Waals surface area contributed by atoms with E-state index in [1.165, 1.54) is 11.1 Å². The van der Waals surface area contributed by atoms with Gasteiger partial charge in [-0.3, -0.25) is 9.59 Å². The quantitative estimate of drug-likeness (QED) is 0.196. The standard InChI is InChI=1S/C37H42N4O2/c1-38-24-11-18-35-37(43)41(27-34(30-14-7-3-8-15-30)31-16-9-4-10-17-31)25-23-33(40-35)26-39-36(42)32-21-19-29(20-22-32)28-12-5-2-6-13-28/h2-10,12-17,19-22,33-35,38,40H,11,18,23-27H2,1H3,(H,39,42). The molecule has 6 nitrogen and oxygen atoms in total. The van der Waals surface area contributed by atoms with Gasteiger partial charge in [0.25, 0.3) is 5.91 Å². The molecule has 2 unspecified atom stereocenters. The van der Waals surface area contributed by atoms with E-state index in [1.54, 1.807) is 0 Å². The van der Waals surface area contributed by atoms with Crippen molar-refractivity contribution < 1.29 is 9.59 Å². The predicted molar refractivity (Wildman–Crippen MR) is 174 cm³/mol. The molecule has 1 saturated heterocycles. The fourth-order valence-corrected chi connectivity index (χ4v) is 5.87. The summed E-state index contributed by atoms with van der Waals surface area (Å²) < 4.78 is 0. The van der Waals surface area contributed by atoms with Gasteiger partial charge in [-0.2, -0.15) is 0 Å². The highest BCUT2D eigenvalue weighted by Crippen LogP contribution is 2.27. The Labute approximate surface area is 255 Å². The summed E-state index contributed by atoms with van der Waals surface area (Å²) in [6.07, 6.45) is 2.39. The molecule has 43 heavy (non-hydrogen) atoms. The van der Waals surface area contributed by atoms with Crippen LogP contribution in [0, 0.1) is 0 Å². The van der Waals surface area contributed by atoms with Gasteiger partial charge in [-0.25, -0.2) is 0 Å². The average Bonchev–Trinajstić information content (AvgIpc) is 3.21. The van der Waals surface area contributed by atoms with Crippen LogP contribution in [-0.4, -0.2) is 62.0 Å². The van der Waals surface area contributed by atoms with Crippen molar-refractivity contribution in [1.29, 1.82) is 0 Å². The first-order valence-corrected chi connectivity index (χ1v) is 15.4. The number of carbonyl (C=O) groups excluding carboxylic acids is 2. The lowest BCUT2D eigenvalue weighted by Gasteiger charge is -2.29. The Morgan fingerprint density at radius 1 is 0.837 bits per heavy atom. The molecule has 4 aromatic rings. The fraction of sp³-hybridized carbons (Fsp3) is 0.297. The summed E-state index contributed by atoms with van der Waals surface area (Å²) in [4.78, 5) is 29.1. The first-order chi connectivity index (χ1) is 21.1. The predicted octanol–water partition coefficient (Wildman–Crippen LogP) is 5.47. The van der Waals surface area contributed by atoms with Crippen LogP contribution in [0.15, 0.2) is 115 Å². The van der Waals surface area contributed by atoms with Crippen molar-refractivity contribution in [2.24, 2.45) is 0 Å². The summed E-state index contributed by atoms with van der Waals surface area (Å²) >= 11 is 0. The fourth-order valence-electron chi connectivity index (χ4n) is 5.87. The second-order valence-corrected chi connectivity index (χ2v) is 11.3. The van der Waals surface area contributed by atoms with E-state index in [0.29, 0.717) is 25.2 Å². The molecule has 0 spiro atoms. The van der Waals surface area contributed by atoms with Crippen molar-refractivity contribution >= 4 is 11.8 Å². The van der Waals surface area contributed by atoms with E-state index in [4.69, 9.17) is 0 Å². The highest BCUT2D eigenvalue weighted by atomic mass is 16.2. The van der Waals surface area contributed by atoms with Gasteiger partial charge >= 0.3 is 0 Å². The second-order valence-electron chi connectivity index (χ2n) is 11.3. The largest absolute Gasteiger partial charge is 0.350 e. The zero-order chi connectivity index (χ0) is 29.9. The summed E-state index contributed by atoms with van der Waals surface area (Å²) in [5, 5.41) is 9.93. The van der Waals surface area contributed by atoms with Crippen LogP contribution in [-0.2, 0) is 4.79 Å². The summed E-state index contributed by atoms with van der Waals surface area (Å²) in [5.74, 6) is 0.117. The maximum atomic E-state index is 13.9. The van der Waals surface area contributed by atoms with Gasteiger partial charge in [0.1, 0.15) is 0 Å². The Hall–Kier alpha value is -4.26. The summed E-state index contributed by atoms with van der Waals surface area (Å²) in [7, 11) is 1.93. The van der Waals surface area contributed by atoms with Crippen LogP contribution >= 0.6 is 0 Å². The van der Waals surface area contributed by atoms with Gasteiger partial charge in [0, 0.05) is 37.2 Å². The number of hydrogen-bond acceptors (Lipinski definition) is 4. The minimum absolute atomic E-state index is 0.00650. The third-order valence-corrected chi connectivity index (χ3v) is 8.28. The molecule has 0 aromatic heterocycles. The van der Waals surface area contributed by atoms with Crippen LogP contribution in [0.5, 0.6) is 0 Å². The van der Waals surface area contributed by atoms with Crippen molar-refractivity contribution in [3.05, 3.63) is 132 Å². The molecule has 0 saturated carbocycles. The van der Waals surface area contributed by atoms with E-state index < -0.39 is 0 Å². The van der Waals surface area contributed by atoms with Gasteiger partial charge in [-0.05, 0) is 67.2 Å². The third-order valence-electron chi connectivity index (χ3n) is 8.28. The molecule has 1 aliphatic heterocycles. The molecule has 4 aromatic carbocycles. The molecule has 1 heterocycles. The van der Waals surface area contributed by atoms with E-state index in [1.807, 2.05) is 66.5 Å². The van der Waals surface area contributed by atoms with Crippen molar-refractivity contribution in [2.75, 3.05) is 33.2 Å². The summed E-state index contributed by atoms with van der Waals surface area (Å²) in [6.45, 7) is 2.56. The van der Waals surface area contributed by atoms with E-state index in [9.17, 15) is 9.59 Å². The second kappa shape index (κ2) is 15.3. The van der Waals surface area contributed by atoms with Gasteiger partial charge in [-0.15, -0.1) is 0 Å². The number of carbonyl (C=O) groups is 2. The summed E-state index contributed by atoms with van der Waals surface area (Å²) in [5.41, 5.74) is 5.23. The molecule has 1 fully saturated rings. The molecule has 0 aliphatic carbocycles. The van der Waals surface area contributed by atoms with Crippen molar-refractivity contribution in [1.82, 2.24) is 20.9 Å². The van der Waals surface area contributed by atoms with Crippen LogP contribution in [0.4, 0.5) is 0 Å².